The molecule has 0 aliphatic rings. The van der Waals surface area contributed by atoms with Gasteiger partial charge in [0, 0.05) is 17.1 Å². The first-order valence-electron chi connectivity index (χ1n) is 11.7. The van der Waals surface area contributed by atoms with Crippen LogP contribution in [-0.4, -0.2) is 33.0 Å². The number of carbonyl (C=O) groups excluding carboxylic acids is 1. The van der Waals surface area contributed by atoms with Gasteiger partial charge in [0.05, 0.1) is 24.5 Å². The van der Waals surface area contributed by atoms with Crippen LogP contribution < -0.4 is 15.4 Å². The Bertz CT molecular complexity index is 1390. The van der Waals surface area contributed by atoms with Crippen LogP contribution in [0.25, 0.3) is 5.69 Å². The van der Waals surface area contributed by atoms with Crippen molar-refractivity contribution >= 4 is 29.0 Å². The highest BCUT2D eigenvalue weighted by Gasteiger charge is 2.30. The van der Waals surface area contributed by atoms with Crippen LogP contribution in [0.1, 0.15) is 23.9 Å². The Morgan fingerprint density at radius 2 is 1.74 bits per heavy atom. The highest BCUT2D eigenvalue weighted by molar-refractivity contribution is 8.00. The van der Waals surface area contributed by atoms with Gasteiger partial charge in [-0.1, -0.05) is 35.5 Å². The monoisotopic (exact) mass is 541 g/mol. The molecule has 0 spiro atoms. The summed E-state index contributed by atoms with van der Waals surface area (Å²) >= 11 is 1.22. The number of halogens is 3. The van der Waals surface area contributed by atoms with Gasteiger partial charge >= 0.3 is 6.18 Å². The fraction of sp³-hybridized carbons (Fsp3) is 0.222. The number of ether oxygens (including phenoxy) is 1. The number of benzene rings is 3. The maximum Gasteiger partial charge on any atom is 0.416 e. The number of thioether (sulfide) groups is 1. The number of amides is 1. The van der Waals surface area contributed by atoms with Crippen molar-refractivity contribution in [1.29, 1.82) is 0 Å². The number of alkyl halides is 3. The third kappa shape index (κ3) is 6.65. The van der Waals surface area contributed by atoms with Crippen LogP contribution in [0.15, 0.2) is 78.0 Å². The Balaban J connectivity index is 1.57. The number of carbonyl (C=O) groups is 1. The van der Waals surface area contributed by atoms with E-state index in [1.165, 1.54) is 17.8 Å². The second-order valence-electron chi connectivity index (χ2n) is 8.48. The van der Waals surface area contributed by atoms with Crippen LogP contribution in [0.2, 0.25) is 0 Å². The molecule has 0 fully saturated rings. The van der Waals surface area contributed by atoms with Crippen LogP contribution in [0, 0.1) is 6.92 Å². The van der Waals surface area contributed by atoms with E-state index in [1.54, 1.807) is 36.8 Å². The van der Waals surface area contributed by atoms with Crippen molar-refractivity contribution in [2.75, 3.05) is 17.7 Å². The number of methoxy groups -OCH3 is 1. The van der Waals surface area contributed by atoms with Gasteiger partial charge in [-0.05, 0) is 68.4 Å². The predicted octanol–water partition coefficient (Wildman–Crippen LogP) is 6.33. The molecule has 4 rings (SSSR count). The van der Waals surface area contributed by atoms with Gasteiger partial charge < -0.3 is 15.4 Å². The molecule has 0 radical (unpaired) electrons. The second-order valence-corrected chi connectivity index (χ2v) is 9.79. The average Bonchev–Trinajstić information content (AvgIpc) is 3.30. The maximum atomic E-state index is 13.1. The Kier molecular flexibility index (Phi) is 8.26. The third-order valence-electron chi connectivity index (χ3n) is 5.64. The van der Waals surface area contributed by atoms with Gasteiger partial charge in [0.1, 0.15) is 5.75 Å². The molecule has 1 amide bonds. The predicted molar refractivity (Wildman–Crippen MR) is 142 cm³/mol. The summed E-state index contributed by atoms with van der Waals surface area (Å²) < 4.78 is 46.4. The molecule has 11 heteroatoms. The van der Waals surface area contributed by atoms with Crippen molar-refractivity contribution in [2.45, 2.75) is 37.0 Å². The van der Waals surface area contributed by atoms with Crippen LogP contribution in [0.3, 0.4) is 0 Å². The topological polar surface area (TPSA) is 81.1 Å². The van der Waals surface area contributed by atoms with Gasteiger partial charge in [0.2, 0.25) is 5.91 Å². The zero-order valence-corrected chi connectivity index (χ0v) is 21.7. The third-order valence-corrected chi connectivity index (χ3v) is 6.68. The first kappa shape index (κ1) is 27.1. The molecular formula is C27H26F3N5O2S. The molecular weight excluding hydrogens is 515 g/mol. The summed E-state index contributed by atoms with van der Waals surface area (Å²) in [6.45, 7) is 3.84. The number of anilines is 2. The number of aromatic nitrogens is 3. The summed E-state index contributed by atoms with van der Waals surface area (Å²) in [5.74, 6) is 0.915. The van der Waals surface area contributed by atoms with E-state index in [0.29, 0.717) is 33.8 Å². The normalized spacial score (nSPS) is 12.2. The van der Waals surface area contributed by atoms with E-state index in [2.05, 4.69) is 20.8 Å². The number of hydrogen-bond acceptors (Lipinski definition) is 6. The number of rotatable bonds is 9. The zero-order chi connectivity index (χ0) is 27.3. The summed E-state index contributed by atoms with van der Waals surface area (Å²) in [7, 11) is 1.56. The quantitative estimate of drug-likeness (QED) is 0.241. The van der Waals surface area contributed by atoms with Crippen LogP contribution in [0.4, 0.5) is 24.5 Å². The zero-order valence-electron chi connectivity index (χ0n) is 20.9. The van der Waals surface area contributed by atoms with E-state index < -0.39 is 17.0 Å². The maximum absolute atomic E-state index is 13.1. The molecule has 1 aromatic heterocycles. The van der Waals surface area contributed by atoms with Crippen molar-refractivity contribution < 1.29 is 22.7 Å². The van der Waals surface area contributed by atoms with Crippen LogP contribution in [0.5, 0.6) is 5.75 Å². The Morgan fingerprint density at radius 3 is 2.39 bits per heavy atom. The lowest BCUT2D eigenvalue weighted by Crippen LogP contribution is -2.23. The van der Waals surface area contributed by atoms with Gasteiger partial charge in [0.25, 0.3) is 0 Å². The molecule has 0 unspecified atom stereocenters. The van der Waals surface area contributed by atoms with Gasteiger partial charge in [-0.15, -0.1) is 10.2 Å². The van der Waals surface area contributed by atoms with E-state index in [-0.39, 0.29) is 12.5 Å². The Hall–Kier alpha value is -3.99. The minimum Gasteiger partial charge on any atom is -0.497 e. The molecule has 198 valence electrons. The van der Waals surface area contributed by atoms with Crippen LogP contribution >= 0.6 is 11.8 Å². The van der Waals surface area contributed by atoms with Crippen molar-refractivity contribution in [2.24, 2.45) is 0 Å². The highest BCUT2D eigenvalue weighted by atomic mass is 32.2. The molecule has 38 heavy (non-hydrogen) atoms. The summed E-state index contributed by atoms with van der Waals surface area (Å²) in [4.78, 5) is 12.9. The van der Waals surface area contributed by atoms with E-state index >= 15 is 0 Å². The Morgan fingerprint density at radius 1 is 1.03 bits per heavy atom. The molecule has 1 heterocycles. The summed E-state index contributed by atoms with van der Waals surface area (Å²) in [6, 6.07) is 19.6. The highest BCUT2D eigenvalue weighted by Crippen LogP contribution is 2.31. The molecule has 3 aromatic carbocycles. The van der Waals surface area contributed by atoms with Gasteiger partial charge in [-0.25, -0.2) is 0 Å². The van der Waals surface area contributed by atoms with Crippen molar-refractivity contribution in [3.05, 3.63) is 89.7 Å². The standard InChI is InChI=1S/C27H26F3N5O2S/c1-17-7-9-20(10-8-17)32-25(36)18(2)38-26-34-33-24(35(26)22-11-13-23(37-3)14-12-22)16-31-21-6-4-5-19(15-21)27(28,29)30/h4-15,18,31H,16H2,1-3H3,(H,32,36)/t18-/m1/s1. The minimum absolute atomic E-state index is 0.102. The summed E-state index contributed by atoms with van der Waals surface area (Å²) in [5, 5.41) is 14.4. The van der Waals surface area contributed by atoms with Gasteiger partial charge in [0.15, 0.2) is 11.0 Å². The fourth-order valence-electron chi connectivity index (χ4n) is 3.56. The smallest absolute Gasteiger partial charge is 0.416 e. The molecule has 7 nitrogen and oxygen atoms in total. The second kappa shape index (κ2) is 11.6. The van der Waals surface area contributed by atoms with Crippen molar-refractivity contribution in [3.8, 4) is 11.4 Å². The minimum atomic E-state index is -4.44. The van der Waals surface area contributed by atoms with E-state index in [9.17, 15) is 18.0 Å². The van der Waals surface area contributed by atoms with Crippen LogP contribution in [-0.2, 0) is 17.5 Å². The van der Waals surface area contributed by atoms with E-state index in [1.807, 2.05) is 43.3 Å². The van der Waals surface area contributed by atoms with Crippen molar-refractivity contribution in [1.82, 2.24) is 14.8 Å². The lowest BCUT2D eigenvalue weighted by molar-refractivity contribution is -0.137. The summed E-state index contributed by atoms with van der Waals surface area (Å²) in [6.07, 6.45) is -4.44. The summed E-state index contributed by atoms with van der Waals surface area (Å²) in [5.41, 5.74) is 2.04. The molecule has 0 aliphatic carbocycles. The average molecular weight is 542 g/mol. The molecule has 4 aromatic rings. The molecule has 0 saturated heterocycles. The number of nitrogens with zero attached hydrogens (tertiary/aromatic N) is 3. The first-order chi connectivity index (χ1) is 18.1. The number of nitrogens with one attached hydrogen (secondary N) is 2. The van der Waals surface area contributed by atoms with E-state index in [0.717, 1.165) is 17.7 Å². The molecule has 2 N–H and O–H groups in total. The van der Waals surface area contributed by atoms with Gasteiger partial charge in [-0.3, -0.25) is 9.36 Å². The Labute approximate surface area is 222 Å². The molecule has 0 bridgehead atoms. The largest absolute Gasteiger partial charge is 0.497 e. The van der Waals surface area contributed by atoms with E-state index in [4.69, 9.17) is 4.74 Å². The SMILES string of the molecule is COc1ccc(-n2c(CNc3cccc(C(F)(F)F)c3)nnc2S[C@H](C)C(=O)Nc2ccc(C)cc2)cc1. The van der Waals surface area contributed by atoms with Gasteiger partial charge in [-0.2, -0.15) is 13.2 Å². The number of aryl methyl sites for hydroxylation is 1. The first-order valence-corrected chi connectivity index (χ1v) is 12.6. The lowest BCUT2D eigenvalue weighted by atomic mass is 10.2. The number of hydrogen-bond donors (Lipinski definition) is 2. The molecule has 1 atom stereocenters. The van der Waals surface area contributed by atoms with Crippen molar-refractivity contribution in [3.63, 3.8) is 0 Å². The fourth-order valence-corrected chi connectivity index (χ4v) is 4.45. The molecule has 0 saturated carbocycles. The lowest BCUT2D eigenvalue weighted by Gasteiger charge is -2.15. The molecule has 0 aliphatic heterocycles.